The molecule has 0 spiro atoms. The largest absolute Gasteiger partial charge is 0.315 e. The summed E-state index contributed by atoms with van der Waals surface area (Å²) in [5.74, 6) is 0.585. The highest BCUT2D eigenvalue weighted by Gasteiger charge is 2.28. The Morgan fingerprint density at radius 2 is 2.38 bits per heavy atom. The van der Waals surface area contributed by atoms with Crippen molar-refractivity contribution in [2.75, 3.05) is 13.1 Å². The number of nitrogens with one attached hydrogen (secondary N) is 1. The molecule has 1 aromatic heterocycles. The second kappa shape index (κ2) is 3.49. The molecule has 1 N–H and O–H groups in total. The molecule has 0 radical (unpaired) electrons. The Bertz CT molecular complexity index is 337. The quantitative estimate of drug-likeness (QED) is 0.737. The highest BCUT2D eigenvalue weighted by atomic mass is 32.1. The Balaban J connectivity index is 2.21. The fourth-order valence-electron chi connectivity index (χ4n) is 1.77. The van der Waals surface area contributed by atoms with Crippen LogP contribution in [0.4, 0.5) is 0 Å². The highest BCUT2D eigenvalue weighted by molar-refractivity contribution is 7.12. The van der Waals surface area contributed by atoms with Crippen molar-refractivity contribution < 1.29 is 0 Å². The highest BCUT2D eigenvalue weighted by Crippen LogP contribution is 2.32. The van der Waals surface area contributed by atoms with E-state index in [1.165, 1.54) is 9.75 Å². The normalized spacial score (nSPS) is 27.4. The predicted molar refractivity (Wildman–Crippen MR) is 53.8 cm³/mol. The molecule has 0 aromatic carbocycles. The average Bonchev–Trinajstić information content (AvgIpc) is 2.71. The predicted octanol–water partition coefficient (Wildman–Crippen LogP) is 1.88. The maximum atomic E-state index is 8.92. The first-order chi connectivity index (χ1) is 6.31. The molecule has 1 aliphatic heterocycles. The standard InChI is InChI=1S/C10H12N2S/c1-7-2-3-10(13-7)9-6-12-5-8(9)4-11/h2-3,8-9,12H,5-6H2,1H3/t8-,9+/m0/s1. The summed E-state index contributed by atoms with van der Waals surface area (Å²) < 4.78 is 0. The number of aryl methyl sites for hydroxylation is 1. The van der Waals surface area contributed by atoms with Gasteiger partial charge in [-0.05, 0) is 19.1 Å². The zero-order valence-corrected chi connectivity index (χ0v) is 8.40. The van der Waals surface area contributed by atoms with Crippen LogP contribution in [0.15, 0.2) is 12.1 Å². The fourth-order valence-corrected chi connectivity index (χ4v) is 2.81. The van der Waals surface area contributed by atoms with Crippen molar-refractivity contribution in [3.8, 4) is 6.07 Å². The van der Waals surface area contributed by atoms with Crippen LogP contribution in [-0.2, 0) is 0 Å². The van der Waals surface area contributed by atoms with Gasteiger partial charge in [0.25, 0.3) is 0 Å². The first-order valence-corrected chi connectivity index (χ1v) is 5.29. The minimum Gasteiger partial charge on any atom is -0.315 e. The minimum absolute atomic E-state index is 0.165. The maximum Gasteiger partial charge on any atom is 0.0676 e. The van der Waals surface area contributed by atoms with Crippen molar-refractivity contribution in [2.24, 2.45) is 5.92 Å². The smallest absolute Gasteiger partial charge is 0.0676 e. The number of hydrogen-bond donors (Lipinski definition) is 1. The Kier molecular flexibility index (Phi) is 2.34. The van der Waals surface area contributed by atoms with Crippen molar-refractivity contribution >= 4 is 11.3 Å². The van der Waals surface area contributed by atoms with E-state index in [0.717, 1.165) is 13.1 Å². The first kappa shape index (κ1) is 8.74. The van der Waals surface area contributed by atoms with Gasteiger partial charge in [-0.1, -0.05) is 0 Å². The van der Waals surface area contributed by atoms with Gasteiger partial charge in [0, 0.05) is 28.8 Å². The van der Waals surface area contributed by atoms with E-state index in [2.05, 4.69) is 30.4 Å². The molecular weight excluding hydrogens is 180 g/mol. The summed E-state index contributed by atoms with van der Waals surface area (Å²) >= 11 is 1.81. The molecule has 3 heteroatoms. The summed E-state index contributed by atoms with van der Waals surface area (Å²) in [4.78, 5) is 2.69. The van der Waals surface area contributed by atoms with Gasteiger partial charge < -0.3 is 5.32 Å². The van der Waals surface area contributed by atoms with E-state index in [-0.39, 0.29) is 5.92 Å². The van der Waals surface area contributed by atoms with Gasteiger partial charge in [0.15, 0.2) is 0 Å². The second-order valence-corrected chi connectivity index (χ2v) is 4.77. The summed E-state index contributed by atoms with van der Waals surface area (Å²) in [6.45, 7) is 3.91. The van der Waals surface area contributed by atoms with Crippen LogP contribution in [0.1, 0.15) is 15.7 Å². The van der Waals surface area contributed by atoms with Crippen LogP contribution in [-0.4, -0.2) is 13.1 Å². The van der Waals surface area contributed by atoms with Crippen molar-refractivity contribution in [2.45, 2.75) is 12.8 Å². The van der Waals surface area contributed by atoms with Gasteiger partial charge in [-0.2, -0.15) is 5.26 Å². The molecule has 1 aliphatic rings. The van der Waals surface area contributed by atoms with E-state index in [4.69, 9.17) is 5.26 Å². The summed E-state index contributed by atoms with van der Waals surface area (Å²) in [6, 6.07) is 6.65. The lowest BCUT2D eigenvalue weighted by Gasteiger charge is -2.08. The molecular formula is C10H12N2S. The van der Waals surface area contributed by atoms with Gasteiger partial charge in [-0.15, -0.1) is 11.3 Å². The van der Waals surface area contributed by atoms with Gasteiger partial charge in [-0.25, -0.2) is 0 Å². The van der Waals surface area contributed by atoms with Crippen LogP contribution in [0.25, 0.3) is 0 Å². The van der Waals surface area contributed by atoms with Crippen molar-refractivity contribution in [3.05, 3.63) is 21.9 Å². The van der Waals surface area contributed by atoms with Crippen molar-refractivity contribution in [1.82, 2.24) is 5.32 Å². The molecule has 68 valence electrons. The first-order valence-electron chi connectivity index (χ1n) is 4.48. The summed E-state index contributed by atoms with van der Waals surface area (Å²) in [7, 11) is 0. The molecule has 2 atom stereocenters. The number of nitrogens with zero attached hydrogens (tertiary/aromatic N) is 1. The third kappa shape index (κ3) is 1.60. The van der Waals surface area contributed by atoms with Crippen molar-refractivity contribution in [3.63, 3.8) is 0 Å². The van der Waals surface area contributed by atoms with E-state index in [9.17, 15) is 0 Å². The lowest BCUT2D eigenvalue weighted by atomic mass is 9.96. The molecule has 13 heavy (non-hydrogen) atoms. The zero-order chi connectivity index (χ0) is 9.26. The van der Waals surface area contributed by atoms with Gasteiger partial charge in [0.1, 0.15) is 0 Å². The molecule has 0 amide bonds. The summed E-state index contributed by atoms with van der Waals surface area (Å²) in [6.07, 6.45) is 0. The van der Waals surface area contributed by atoms with Gasteiger partial charge in [0.2, 0.25) is 0 Å². The van der Waals surface area contributed by atoms with Crippen LogP contribution in [0.5, 0.6) is 0 Å². The fraction of sp³-hybridized carbons (Fsp3) is 0.500. The number of nitriles is 1. The SMILES string of the molecule is Cc1ccc([C@@H]2CNC[C@@H]2C#N)s1. The molecule has 2 heterocycles. The van der Waals surface area contributed by atoms with Gasteiger partial charge >= 0.3 is 0 Å². The van der Waals surface area contributed by atoms with E-state index in [0.29, 0.717) is 5.92 Å². The zero-order valence-electron chi connectivity index (χ0n) is 7.58. The molecule has 1 aromatic rings. The van der Waals surface area contributed by atoms with E-state index < -0.39 is 0 Å². The maximum absolute atomic E-state index is 8.92. The third-order valence-electron chi connectivity index (χ3n) is 2.51. The van der Waals surface area contributed by atoms with Gasteiger partial charge in [0.05, 0.1) is 12.0 Å². The molecule has 0 unspecified atom stereocenters. The third-order valence-corrected chi connectivity index (χ3v) is 3.64. The molecule has 0 saturated carbocycles. The molecule has 1 fully saturated rings. The topological polar surface area (TPSA) is 35.8 Å². The average molecular weight is 192 g/mol. The Morgan fingerprint density at radius 3 is 3.00 bits per heavy atom. The second-order valence-electron chi connectivity index (χ2n) is 3.45. The number of thiophene rings is 1. The minimum atomic E-state index is 0.165. The van der Waals surface area contributed by atoms with Crippen LogP contribution in [0.3, 0.4) is 0 Å². The Hall–Kier alpha value is -0.850. The monoisotopic (exact) mass is 192 g/mol. The van der Waals surface area contributed by atoms with Crippen LogP contribution in [0.2, 0.25) is 0 Å². The molecule has 2 rings (SSSR count). The van der Waals surface area contributed by atoms with E-state index in [1.807, 2.05) is 11.3 Å². The molecule has 1 saturated heterocycles. The molecule has 0 bridgehead atoms. The summed E-state index contributed by atoms with van der Waals surface area (Å²) in [5.41, 5.74) is 0. The number of hydrogen-bond acceptors (Lipinski definition) is 3. The number of rotatable bonds is 1. The summed E-state index contributed by atoms with van der Waals surface area (Å²) in [5, 5.41) is 12.2. The lowest BCUT2D eigenvalue weighted by Crippen LogP contribution is -2.07. The Morgan fingerprint density at radius 1 is 1.54 bits per heavy atom. The van der Waals surface area contributed by atoms with E-state index in [1.54, 1.807) is 0 Å². The van der Waals surface area contributed by atoms with E-state index >= 15 is 0 Å². The van der Waals surface area contributed by atoms with Gasteiger partial charge in [-0.3, -0.25) is 0 Å². The van der Waals surface area contributed by atoms with Crippen LogP contribution >= 0.6 is 11.3 Å². The van der Waals surface area contributed by atoms with Crippen molar-refractivity contribution in [1.29, 1.82) is 5.26 Å². The lowest BCUT2D eigenvalue weighted by molar-refractivity contribution is 0.657. The molecule has 2 nitrogen and oxygen atoms in total. The van der Waals surface area contributed by atoms with Crippen LogP contribution < -0.4 is 5.32 Å². The molecule has 0 aliphatic carbocycles. The van der Waals surface area contributed by atoms with Crippen LogP contribution in [0, 0.1) is 24.2 Å². The Labute approximate surface area is 82.2 Å².